The van der Waals surface area contributed by atoms with Crippen LogP contribution in [0, 0.1) is 0 Å². The van der Waals surface area contributed by atoms with E-state index < -0.39 is 8.24 Å². The minimum absolute atomic E-state index is 1.28. The van der Waals surface area contributed by atoms with Crippen molar-refractivity contribution in [3.63, 3.8) is 0 Å². The van der Waals surface area contributed by atoms with Gasteiger partial charge in [0.15, 0.2) is 8.24 Å². The van der Waals surface area contributed by atoms with E-state index in [4.69, 9.17) is 0 Å². The second-order valence-electron chi connectivity index (χ2n) is 5.15. The zero-order chi connectivity index (χ0) is 13.1. The average molecular weight is 256 g/mol. The third kappa shape index (κ3) is 5.39. The van der Waals surface area contributed by atoms with E-state index in [0.717, 1.165) is 0 Å². The van der Waals surface area contributed by atoms with Crippen LogP contribution in [0.3, 0.4) is 0 Å². The lowest BCUT2D eigenvalue weighted by Gasteiger charge is -2.40. The van der Waals surface area contributed by atoms with Crippen molar-refractivity contribution in [2.45, 2.75) is 71.9 Å². The second kappa shape index (κ2) is 9.90. The summed E-state index contributed by atoms with van der Waals surface area (Å²) in [6, 6.07) is 2.79. The Kier molecular flexibility index (Phi) is 9.85. The lowest BCUT2D eigenvalue weighted by atomic mass is 10.3. The molecule has 0 saturated heterocycles. The summed E-state index contributed by atoms with van der Waals surface area (Å²) in [5, 5.41) is 0. The molecule has 0 amide bonds. The van der Waals surface area contributed by atoms with Gasteiger partial charge in [0.25, 0.3) is 0 Å². The molecule has 0 aliphatic rings. The van der Waals surface area contributed by atoms with Crippen molar-refractivity contribution in [3.8, 4) is 0 Å². The van der Waals surface area contributed by atoms with Gasteiger partial charge in [0.2, 0.25) is 0 Å². The highest BCUT2D eigenvalue weighted by Crippen LogP contribution is 2.26. The fourth-order valence-corrected chi connectivity index (χ4v) is 7.37. The van der Waals surface area contributed by atoms with Crippen LogP contribution in [0.5, 0.6) is 0 Å². The number of unbranched alkanes of at least 4 members (excludes halogenated alkanes) is 1. The number of rotatable bonds is 11. The summed E-state index contributed by atoms with van der Waals surface area (Å²) in [6.45, 7) is 16.0. The lowest BCUT2D eigenvalue weighted by molar-refractivity contribution is 0.404. The van der Waals surface area contributed by atoms with Gasteiger partial charge in [0.05, 0.1) is 0 Å². The van der Waals surface area contributed by atoms with Crippen molar-refractivity contribution in [2.75, 3.05) is 13.1 Å². The molecule has 0 saturated carbocycles. The molecule has 102 valence electrons. The first-order valence-electron chi connectivity index (χ1n) is 7.59. The molecule has 0 bridgehead atoms. The van der Waals surface area contributed by atoms with Gasteiger partial charge in [-0.2, -0.15) is 0 Å². The molecule has 0 atom stereocenters. The molecule has 0 aromatic heterocycles. The fourth-order valence-electron chi connectivity index (χ4n) is 2.82. The highest BCUT2D eigenvalue weighted by molar-refractivity contribution is 6.81. The van der Waals surface area contributed by atoms with E-state index in [1.165, 1.54) is 57.3 Å². The summed E-state index contributed by atoms with van der Waals surface area (Å²) in [5.74, 6) is 0. The maximum absolute atomic E-state index is 4.20. The van der Waals surface area contributed by atoms with E-state index in [1.807, 2.05) is 0 Å². The van der Waals surface area contributed by atoms with Crippen molar-refractivity contribution >= 4 is 8.24 Å². The predicted octanol–water partition coefficient (Wildman–Crippen LogP) is 4.99. The normalized spacial score (nSPS) is 12.1. The fraction of sp³-hybridized carbons (Fsp3) is 0.867. The zero-order valence-corrected chi connectivity index (χ0v) is 13.6. The monoisotopic (exact) mass is 255 g/mol. The molecule has 0 fully saturated rings. The van der Waals surface area contributed by atoms with Gasteiger partial charge in [-0.3, -0.25) is 0 Å². The van der Waals surface area contributed by atoms with E-state index in [2.05, 4.69) is 44.5 Å². The molecule has 17 heavy (non-hydrogen) atoms. The van der Waals surface area contributed by atoms with Crippen LogP contribution in [0.1, 0.15) is 59.8 Å². The molecular weight excluding hydrogens is 222 g/mol. The smallest absolute Gasteiger partial charge is 0.152 e. The Balaban J connectivity index is 4.80. The van der Waals surface area contributed by atoms with Gasteiger partial charge < -0.3 is 4.57 Å². The second-order valence-corrected chi connectivity index (χ2v) is 9.40. The van der Waals surface area contributed by atoms with E-state index in [0.29, 0.717) is 0 Å². The molecule has 0 radical (unpaired) electrons. The van der Waals surface area contributed by atoms with Gasteiger partial charge in [0, 0.05) is 0 Å². The third-order valence-electron chi connectivity index (χ3n) is 3.65. The number of hydrogen-bond acceptors (Lipinski definition) is 1. The lowest BCUT2D eigenvalue weighted by Crippen LogP contribution is -2.52. The molecule has 0 heterocycles. The van der Waals surface area contributed by atoms with Crippen LogP contribution < -0.4 is 0 Å². The summed E-state index contributed by atoms with van der Waals surface area (Å²) >= 11 is 0. The summed E-state index contributed by atoms with van der Waals surface area (Å²) in [6.07, 6.45) is 6.55. The zero-order valence-electron chi connectivity index (χ0n) is 12.6. The van der Waals surface area contributed by atoms with Crippen LogP contribution in [0.4, 0.5) is 0 Å². The minimum atomic E-state index is -1.36. The summed E-state index contributed by atoms with van der Waals surface area (Å²) in [4.78, 5) is 0. The first kappa shape index (κ1) is 16.9. The Labute approximate surface area is 110 Å². The van der Waals surface area contributed by atoms with Gasteiger partial charge in [-0.25, -0.2) is 0 Å². The van der Waals surface area contributed by atoms with Gasteiger partial charge in [-0.05, 0) is 38.0 Å². The summed E-state index contributed by atoms with van der Waals surface area (Å²) in [7, 11) is -1.36. The minimum Gasteiger partial charge on any atom is -0.320 e. The maximum atomic E-state index is 4.20. The predicted molar refractivity (Wildman–Crippen MR) is 82.9 cm³/mol. The third-order valence-corrected chi connectivity index (χ3v) is 8.85. The van der Waals surface area contributed by atoms with Crippen LogP contribution >= 0.6 is 0 Å². The molecule has 0 aliphatic carbocycles. The highest BCUT2D eigenvalue weighted by Gasteiger charge is 2.33. The van der Waals surface area contributed by atoms with Crippen LogP contribution in [0.2, 0.25) is 12.1 Å². The summed E-state index contributed by atoms with van der Waals surface area (Å²) < 4.78 is 2.83. The first-order valence-corrected chi connectivity index (χ1v) is 10.0. The molecule has 0 unspecified atom stereocenters. The van der Waals surface area contributed by atoms with Crippen LogP contribution in [-0.2, 0) is 0 Å². The molecule has 0 aromatic carbocycles. The van der Waals surface area contributed by atoms with E-state index in [1.54, 1.807) is 0 Å². The molecule has 0 aliphatic heterocycles. The number of nitrogens with zero attached hydrogens (tertiary/aromatic N) is 1. The molecule has 0 spiro atoms. The van der Waals surface area contributed by atoms with E-state index in [-0.39, 0.29) is 0 Å². The molecule has 0 aromatic rings. The Morgan fingerprint density at radius 2 is 1.47 bits per heavy atom. The molecule has 0 N–H and O–H groups in total. The topological polar surface area (TPSA) is 3.24 Å². The van der Waals surface area contributed by atoms with Crippen molar-refractivity contribution in [2.24, 2.45) is 0 Å². The Morgan fingerprint density at radius 3 is 1.82 bits per heavy atom. The van der Waals surface area contributed by atoms with Crippen LogP contribution in [0.15, 0.2) is 12.3 Å². The average Bonchev–Trinajstić information content (AvgIpc) is 2.34. The molecule has 1 nitrogen and oxygen atoms in total. The number of hydrogen-bond donors (Lipinski definition) is 0. The van der Waals surface area contributed by atoms with Crippen molar-refractivity contribution in [1.82, 2.24) is 4.57 Å². The van der Waals surface area contributed by atoms with Crippen LogP contribution in [-0.4, -0.2) is 25.9 Å². The van der Waals surface area contributed by atoms with Crippen LogP contribution in [0.25, 0.3) is 0 Å². The van der Waals surface area contributed by atoms with Gasteiger partial charge in [0.1, 0.15) is 0 Å². The van der Waals surface area contributed by atoms with Crippen molar-refractivity contribution < 1.29 is 0 Å². The standard InChI is InChI=1S/C15H33NSi/c1-6-11-13-16(12-7-2)17(10-5,14-8-3)15-9-4/h10H,5-9,11-15H2,1-4H3. The Morgan fingerprint density at radius 1 is 0.882 bits per heavy atom. The first-order chi connectivity index (χ1) is 8.20. The molecule has 0 rings (SSSR count). The largest absolute Gasteiger partial charge is 0.320 e. The SMILES string of the molecule is C=C[Si](CCC)(CCC)N(CCC)CCCC. The van der Waals surface area contributed by atoms with Gasteiger partial charge >= 0.3 is 0 Å². The molecule has 2 heteroatoms. The van der Waals surface area contributed by atoms with Gasteiger partial charge in [-0.15, -0.1) is 6.58 Å². The van der Waals surface area contributed by atoms with Crippen molar-refractivity contribution in [3.05, 3.63) is 12.3 Å². The maximum Gasteiger partial charge on any atom is 0.152 e. The Hall–Kier alpha value is -0.0831. The highest BCUT2D eigenvalue weighted by atomic mass is 28.3. The molecular formula is C15H33NSi. The van der Waals surface area contributed by atoms with Crippen molar-refractivity contribution in [1.29, 1.82) is 0 Å². The van der Waals surface area contributed by atoms with E-state index in [9.17, 15) is 0 Å². The van der Waals surface area contributed by atoms with E-state index >= 15 is 0 Å². The summed E-state index contributed by atoms with van der Waals surface area (Å²) in [5.41, 5.74) is 2.37. The quantitative estimate of drug-likeness (QED) is 0.470. The van der Waals surface area contributed by atoms with Gasteiger partial charge in [-0.1, -0.05) is 52.7 Å². The Bertz CT molecular complexity index is 185.